The fourth-order valence-electron chi connectivity index (χ4n) is 9.03. The molecule has 4 atom stereocenters. The number of nitrogens with one attached hydrogen (secondary N) is 3. The SMILES string of the molecule is COC(=O)N[C@H](C(=O)N1CCC[C@H]1C1=Nc2cc(-c3ccc(-c4ccc5nc([C@@H]6CCCN6C(=O)[C@@H](NC(=O)OC)C(C)C)[nH]c5c4)c4cccnc34)ccc2C1)C(C)C. The molecule has 3 aromatic carbocycles. The highest BCUT2D eigenvalue weighted by Gasteiger charge is 2.40. The smallest absolute Gasteiger partial charge is 0.407 e. The second-order valence-corrected chi connectivity index (χ2v) is 16.6. The number of alkyl carbamates (subject to hydrolysis) is 2. The van der Waals surface area contributed by atoms with Crippen molar-refractivity contribution in [2.24, 2.45) is 16.8 Å². The molecule has 312 valence electrons. The number of hydrogen-bond acceptors (Lipinski definition) is 9. The molecular weight excluding hydrogens is 761 g/mol. The van der Waals surface area contributed by atoms with E-state index in [2.05, 4.69) is 64.1 Å². The van der Waals surface area contributed by atoms with Gasteiger partial charge in [0.15, 0.2) is 0 Å². The van der Waals surface area contributed by atoms with Crippen molar-refractivity contribution in [1.82, 2.24) is 35.4 Å². The van der Waals surface area contributed by atoms with Gasteiger partial charge in [-0.15, -0.1) is 0 Å². The van der Waals surface area contributed by atoms with Crippen LogP contribution in [0.5, 0.6) is 0 Å². The Morgan fingerprint density at radius 3 is 2.05 bits per heavy atom. The molecule has 2 aromatic heterocycles. The van der Waals surface area contributed by atoms with Crippen LogP contribution < -0.4 is 10.6 Å². The summed E-state index contributed by atoms with van der Waals surface area (Å²) in [4.78, 5) is 73.8. The van der Waals surface area contributed by atoms with Gasteiger partial charge in [-0.25, -0.2) is 14.6 Å². The number of amides is 4. The highest BCUT2D eigenvalue weighted by Crippen LogP contribution is 2.40. The summed E-state index contributed by atoms with van der Waals surface area (Å²) < 4.78 is 9.60. The number of carbonyl (C=O) groups is 4. The topological polar surface area (TPSA) is 171 Å². The zero-order valence-electron chi connectivity index (χ0n) is 35.0. The maximum absolute atomic E-state index is 13.8. The fraction of sp³-hybridized carbons (Fsp3) is 0.413. The predicted molar refractivity (Wildman–Crippen MR) is 230 cm³/mol. The molecule has 0 bridgehead atoms. The van der Waals surface area contributed by atoms with Crippen LogP contribution in [0.15, 0.2) is 71.9 Å². The minimum atomic E-state index is -0.706. The zero-order valence-corrected chi connectivity index (χ0v) is 35.0. The summed E-state index contributed by atoms with van der Waals surface area (Å²) in [6.07, 6.45) is 4.53. The summed E-state index contributed by atoms with van der Waals surface area (Å²) in [6, 6.07) is 19.1. The third-order valence-electron chi connectivity index (χ3n) is 12.2. The quantitative estimate of drug-likeness (QED) is 0.130. The first-order chi connectivity index (χ1) is 28.9. The number of aromatic amines is 1. The number of hydrogen-bond donors (Lipinski definition) is 3. The van der Waals surface area contributed by atoms with E-state index in [0.717, 1.165) is 92.7 Å². The number of aliphatic imine (C=N–C) groups is 1. The third kappa shape index (κ3) is 7.66. The van der Waals surface area contributed by atoms with Crippen molar-refractivity contribution in [3.8, 4) is 22.3 Å². The molecule has 14 nitrogen and oxygen atoms in total. The van der Waals surface area contributed by atoms with E-state index >= 15 is 0 Å². The number of imidazole rings is 1. The van der Waals surface area contributed by atoms with Crippen molar-refractivity contribution in [2.45, 2.75) is 84.0 Å². The van der Waals surface area contributed by atoms with E-state index in [4.69, 9.17) is 24.4 Å². The third-order valence-corrected chi connectivity index (χ3v) is 12.2. The average molecular weight is 813 g/mol. The number of ether oxygens (including phenoxy) is 2. The number of methoxy groups -OCH3 is 2. The molecule has 0 saturated carbocycles. The molecule has 5 aromatic rings. The van der Waals surface area contributed by atoms with Crippen molar-refractivity contribution in [3.63, 3.8) is 0 Å². The largest absolute Gasteiger partial charge is 0.453 e. The minimum Gasteiger partial charge on any atom is -0.453 e. The lowest BCUT2D eigenvalue weighted by Gasteiger charge is -2.30. The average Bonchev–Trinajstić information content (AvgIpc) is 4.08. The predicted octanol–water partition coefficient (Wildman–Crippen LogP) is 7.49. The first-order valence-electron chi connectivity index (χ1n) is 20.8. The van der Waals surface area contributed by atoms with Crippen molar-refractivity contribution in [2.75, 3.05) is 27.3 Å². The lowest BCUT2D eigenvalue weighted by atomic mass is 9.93. The summed E-state index contributed by atoms with van der Waals surface area (Å²) in [6.45, 7) is 8.84. The van der Waals surface area contributed by atoms with Gasteiger partial charge in [-0.1, -0.05) is 64.1 Å². The van der Waals surface area contributed by atoms with Gasteiger partial charge in [0.25, 0.3) is 0 Å². The molecule has 4 amide bonds. The molecule has 60 heavy (non-hydrogen) atoms. The normalized spacial score (nSPS) is 18.5. The number of nitrogens with zero attached hydrogens (tertiary/aromatic N) is 5. The first-order valence-corrected chi connectivity index (χ1v) is 20.8. The van der Waals surface area contributed by atoms with Crippen molar-refractivity contribution in [3.05, 3.63) is 78.2 Å². The Hall–Kier alpha value is -6.31. The van der Waals surface area contributed by atoms with Crippen LogP contribution in [-0.4, -0.2) is 99.9 Å². The van der Waals surface area contributed by atoms with Crippen molar-refractivity contribution >= 4 is 57.3 Å². The lowest BCUT2D eigenvalue weighted by Crippen LogP contribution is -2.53. The van der Waals surface area contributed by atoms with E-state index in [1.54, 1.807) is 0 Å². The van der Waals surface area contributed by atoms with Gasteiger partial charge in [-0.3, -0.25) is 19.6 Å². The molecule has 0 spiro atoms. The van der Waals surface area contributed by atoms with Gasteiger partial charge in [0.1, 0.15) is 17.9 Å². The van der Waals surface area contributed by atoms with Gasteiger partial charge in [-0.05, 0) is 84.0 Å². The fourth-order valence-corrected chi connectivity index (χ4v) is 9.03. The summed E-state index contributed by atoms with van der Waals surface area (Å²) in [5, 5.41) is 6.46. The van der Waals surface area contributed by atoms with E-state index in [9.17, 15) is 19.2 Å². The maximum atomic E-state index is 13.8. The van der Waals surface area contributed by atoms with Crippen LogP contribution >= 0.6 is 0 Å². The van der Waals surface area contributed by atoms with Crippen LogP contribution in [0.2, 0.25) is 0 Å². The van der Waals surface area contributed by atoms with Crippen molar-refractivity contribution in [1.29, 1.82) is 0 Å². The maximum Gasteiger partial charge on any atom is 0.407 e. The second kappa shape index (κ2) is 16.7. The van der Waals surface area contributed by atoms with Gasteiger partial charge in [0, 0.05) is 42.4 Å². The Bertz CT molecular complexity index is 2510. The molecule has 3 N–H and O–H groups in total. The van der Waals surface area contributed by atoms with Gasteiger partial charge in [0.05, 0.1) is 48.5 Å². The molecule has 14 heteroatoms. The Morgan fingerprint density at radius 2 is 1.38 bits per heavy atom. The summed E-state index contributed by atoms with van der Waals surface area (Å²) in [5.74, 6) is 0.243. The summed E-state index contributed by atoms with van der Waals surface area (Å²) in [7, 11) is 2.59. The molecule has 0 unspecified atom stereocenters. The Balaban J connectivity index is 1.05. The number of H-pyrrole nitrogens is 1. The number of rotatable bonds is 10. The standard InChI is InChI=1S/C46H52N8O6/c1-25(2)39(51-45(57)59-5)43(55)53-20-8-11-37(53)36-24-29-14-13-28(22-34(29)48-36)31-17-16-30(32-10-7-19-47-41(31)32)27-15-18-33-35(23-27)50-42(49-33)38-12-9-21-54(38)44(56)40(26(3)4)52-46(58)60-6/h7,10,13-19,22-23,25-26,37-40H,8-9,11-12,20-21,24H2,1-6H3,(H,49,50)(H,51,57)(H,52,58)/t37-,38-,39-,40-/m0/s1. The van der Waals surface area contributed by atoms with E-state index < -0.39 is 24.3 Å². The lowest BCUT2D eigenvalue weighted by molar-refractivity contribution is -0.135. The molecule has 5 heterocycles. The van der Waals surface area contributed by atoms with Gasteiger partial charge in [0.2, 0.25) is 11.8 Å². The van der Waals surface area contributed by atoms with Gasteiger partial charge >= 0.3 is 12.2 Å². The molecule has 2 saturated heterocycles. The number of aromatic nitrogens is 3. The zero-order chi connectivity index (χ0) is 42.2. The molecule has 0 aliphatic carbocycles. The van der Waals surface area contributed by atoms with Crippen LogP contribution in [0.25, 0.3) is 44.2 Å². The molecular formula is C46H52N8O6. The second-order valence-electron chi connectivity index (χ2n) is 16.6. The molecule has 2 fully saturated rings. The Kier molecular flexibility index (Phi) is 11.3. The minimum absolute atomic E-state index is 0.103. The van der Waals surface area contributed by atoms with E-state index in [0.29, 0.717) is 19.5 Å². The summed E-state index contributed by atoms with van der Waals surface area (Å²) in [5.41, 5.74) is 9.54. The van der Waals surface area contributed by atoms with Crippen LogP contribution in [0.1, 0.15) is 70.8 Å². The number of likely N-dealkylation sites (tertiary alicyclic amines) is 2. The number of fused-ring (bicyclic) bond motifs is 3. The number of carbonyl (C=O) groups excluding carboxylic acids is 4. The van der Waals surface area contributed by atoms with Crippen LogP contribution in [0.3, 0.4) is 0 Å². The van der Waals surface area contributed by atoms with E-state index in [1.165, 1.54) is 14.2 Å². The highest BCUT2D eigenvalue weighted by molar-refractivity contribution is 6.05. The Labute approximate surface area is 349 Å². The first kappa shape index (κ1) is 40.5. The monoisotopic (exact) mass is 812 g/mol. The molecule has 3 aliphatic rings. The summed E-state index contributed by atoms with van der Waals surface area (Å²) >= 11 is 0. The van der Waals surface area contributed by atoms with E-state index in [-0.39, 0.29) is 35.7 Å². The highest BCUT2D eigenvalue weighted by atomic mass is 16.5. The van der Waals surface area contributed by atoms with Crippen LogP contribution in [-0.2, 0) is 25.5 Å². The van der Waals surface area contributed by atoms with Gasteiger partial charge in [-0.2, -0.15) is 0 Å². The molecule has 3 aliphatic heterocycles. The number of benzene rings is 3. The van der Waals surface area contributed by atoms with Gasteiger partial charge < -0.3 is 34.9 Å². The van der Waals surface area contributed by atoms with Crippen LogP contribution in [0, 0.1) is 11.8 Å². The number of pyridine rings is 1. The molecule has 8 rings (SSSR count). The van der Waals surface area contributed by atoms with Crippen molar-refractivity contribution < 1.29 is 28.7 Å². The van der Waals surface area contributed by atoms with E-state index in [1.807, 2.05) is 55.8 Å². The van der Waals surface area contributed by atoms with Crippen LogP contribution in [0.4, 0.5) is 15.3 Å². The Morgan fingerprint density at radius 1 is 0.767 bits per heavy atom. The molecule has 0 radical (unpaired) electrons.